The van der Waals surface area contributed by atoms with Gasteiger partial charge in [-0.2, -0.15) is 0 Å². The lowest BCUT2D eigenvalue weighted by molar-refractivity contribution is 0.383. The molecule has 22 heavy (non-hydrogen) atoms. The molecule has 1 aliphatic rings. The lowest BCUT2D eigenvalue weighted by atomic mass is 9.94. The van der Waals surface area contributed by atoms with E-state index < -0.39 is 0 Å². The van der Waals surface area contributed by atoms with Crippen molar-refractivity contribution < 1.29 is 0 Å². The van der Waals surface area contributed by atoms with Crippen LogP contribution < -0.4 is 10.6 Å². The Morgan fingerprint density at radius 2 is 2.05 bits per heavy atom. The summed E-state index contributed by atoms with van der Waals surface area (Å²) in [7, 11) is 0. The molecule has 5 heteroatoms. The maximum Gasteiger partial charge on any atom is 0.223 e. The molecular formula is C17H19N5. The highest BCUT2D eigenvalue weighted by Crippen LogP contribution is 2.24. The van der Waals surface area contributed by atoms with Gasteiger partial charge >= 0.3 is 0 Å². The molecule has 1 fully saturated rings. The van der Waals surface area contributed by atoms with Gasteiger partial charge < -0.3 is 15.6 Å². The van der Waals surface area contributed by atoms with Crippen molar-refractivity contribution in [3.63, 3.8) is 0 Å². The third-order valence-corrected chi connectivity index (χ3v) is 4.24. The molecule has 112 valence electrons. The minimum Gasteiger partial charge on any atom is -0.359 e. The van der Waals surface area contributed by atoms with Crippen LogP contribution in [0.3, 0.4) is 0 Å². The standard InChI is InChI=1S/C17H19N5/c1-2-4-12(5-3-1)15-10-13(6-8-18-15)21-17-20-11-16-14(22-17)7-9-19-16/h1-5,7,9,11,13,15,18-19H,6,8,10H2,(H,20,21,22). The van der Waals surface area contributed by atoms with Gasteiger partial charge in [0.05, 0.1) is 17.2 Å². The molecule has 1 aromatic carbocycles. The van der Waals surface area contributed by atoms with Gasteiger partial charge in [0.15, 0.2) is 0 Å². The number of piperidine rings is 1. The maximum absolute atomic E-state index is 4.55. The Bertz CT molecular complexity index is 752. The minimum atomic E-state index is 0.392. The highest BCUT2D eigenvalue weighted by Gasteiger charge is 2.23. The van der Waals surface area contributed by atoms with Gasteiger partial charge in [0.2, 0.25) is 5.95 Å². The highest BCUT2D eigenvalue weighted by molar-refractivity contribution is 5.74. The first-order valence-corrected chi connectivity index (χ1v) is 7.73. The molecule has 0 saturated carbocycles. The number of H-pyrrole nitrogens is 1. The SMILES string of the molecule is c1ccc(C2CC(Nc3ncc4[nH]ccc4n3)CCN2)cc1. The number of nitrogens with zero attached hydrogens (tertiary/aromatic N) is 2. The second-order valence-electron chi connectivity index (χ2n) is 5.75. The fourth-order valence-corrected chi connectivity index (χ4v) is 3.08. The van der Waals surface area contributed by atoms with Gasteiger partial charge in [-0.15, -0.1) is 0 Å². The van der Waals surface area contributed by atoms with E-state index in [9.17, 15) is 0 Å². The first-order valence-electron chi connectivity index (χ1n) is 7.73. The number of hydrogen-bond acceptors (Lipinski definition) is 4. The topological polar surface area (TPSA) is 65.6 Å². The summed E-state index contributed by atoms with van der Waals surface area (Å²) in [4.78, 5) is 12.1. The first kappa shape index (κ1) is 13.3. The Morgan fingerprint density at radius 3 is 2.95 bits per heavy atom. The summed E-state index contributed by atoms with van der Waals surface area (Å²) >= 11 is 0. The van der Waals surface area contributed by atoms with Crippen LogP contribution >= 0.6 is 0 Å². The molecular weight excluding hydrogens is 274 g/mol. The Kier molecular flexibility index (Phi) is 3.48. The van der Waals surface area contributed by atoms with Crippen molar-refractivity contribution in [2.45, 2.75) is 24.9 Å². The fourth-order valence-electron chi connectivity index (χ4n) is 3.08. The van der Waals surface area contributed by atoms with Crippen LogP contribution in [0.5, 0.6) is 0 Å². The summed E-state index contributed by atoms with van der Waals surface area (Å²) in [5.74, 6) is 0.714. The molecule has 0 aliphatic carbocycles. The molecule has 0 radical (unpaired) electrons. The van der Waals surface area contributed by atoms with Gasteiger partial charge in [0, 0.05) is 18.3 Å². The Hall–Kier alpha value is -2.40. The smallest absolute Gasteiger partial charge is 0.223 e. The van der Waals surface area contributed by atoms with Gasteiger partial charge in [-0.25, -0.2) is 9.97 Å². The lowest BCUT2D eigenvalue weighted by Crippen LogP contribution is -2.38. The quantitative estimate of drug-likeness (QED) is 0.695. The van der Waals surface area contributed by atoms with E-state index in [-0.39, 0.29) is 0 Å². The van der Waals surface area contributed by atoms with Gasteiger partial charge in [0.1, 0.15) is 0 Å². The summed E-state index contributed by atoms with van der Waals surface area (Å²) in [6.07, 6.45) is 5.84. The van der Waals surface area contributed by atoms with Crippen LogP contribution in [0.15, 0.2) is 48.8 Å². The van der Waals surface area contributed by atoms with E-state index in [2.05, 4.69) is 55.9 Å². The minimum absolute atomic E-state index is 0.392. The Labute approximate surface area is 129 Å². The average molecular weight is 293 g/mol. The first-order chi connectivity index (χ1) is 10.9. The molecule has 3 aromatic rings. The average Bonchev–Trinajstić information content (AvgIpc) is 3.04. The van der Waals surface area contributed by atoms with Crippen LogP contribution in [0, 0.1) is 0 Å². The molecule has 4 rings (SSSR count). The van der Waals surface area contributed by atoms with Gasteiger partial charge in [-0.1, -0.05) is 30.3 Å². The summed E-state index contributed by atoms with van der Waals surface area (Å²) < 4.78 is 0. The van der Waals surface area contributed by atoms with Crippen molar-refractivity contribution in [3.05, 3.63) is 54.4 Å². The number of rotatable bonds is 3. The normalized spacial score (nSPS) is 21.8. The van der Waals surface area contributed by atoms with Crippen LogP contribution in [0.1, 0.15) is 24.4 Å². The lowest BCUT2D eigenvalue weighted by Gasteiger charge is -2.31. The van der Waals surface area contributed by atoms with Crippen LogP contribution in [0.25, 0.3) is 11.0 Å². The van der Waals surface area contributed by atoms with Crippen molar-refractivity contribution in [2.75, 3.05) is 11.9 Å². The van der Waals surface area contributed by atoms with E-state index in [1.165, 1.54) is 5.56 Å². The molecule has 3 heterocycles. The van der Waals surface area contributed by atoms with Gasteiger partial charge in [-0.05, 0) is 31.0 Å². The van der Waals surface area contributed by atoms with Crippen molar-refractivity contribution in [1.82, 2.24) is 20.3 Å². The van der Waals surface area contributed by atoms with E-state index in [4.69, 9.17) is 0 Å². The molecule has 0 spiro atoms. The van der Waals surface area contributed by atoms with Crippen molar-refractivity contribution >= 4 is 17.0 Å². The second-order valence-corrected chi connectivity index (χ2v) is 5.75. The van der Waals surface area contributed by atoms with Crippen molar-refractivity contribution in [2.24, 2.45) is 0 Å². The molecule has 1 saturated heterocycles. The van der Waals surface area contributed by atoms with Crippen LogP contribution in [0.4, 0.5) is 5.95 Å². The molecule has 3 N–H and O–H groups in total. The van der Waals surface area contributed by atoms with E-state index >= 15 is 0 Å². The zero-order valence-electron chi connectivity index (χ0n) is 12.3. The monoisotopic (exact) mass is 293 g/mol. The number of benzene rings is 1. The largest absolute Gasteiger partial charge is 0.359 e. The number of fused-ring (bicyclic) bond motifs is 1. The molecule has 0 bridgehead atoms. The predicted molar refractivity (Wildman–Crippen MR) is 87.7 cm³/mol. The molecule has 1 aliphatic heterocycles. The summed E-state index contributed by atoms with van der Waals surface area (Å²) in [5.41, 5.74) is 3.26. The predicted octanol–water partition coefficient (Wildman–Crippen LogP) is 2.86. The number of hydrogen-bond donors (Lipinski definition) is 3. The van der Waals surface area contributed by atoms with E-state index in [1.54, 1.807) is 0 Å². The second kappa shape index (κ2) is 5.77. The third-order valence-electron chi connectivity index (χ3n) is 4.24. The number of aromatic nitrogens is 3. The summed E-state index contributed by atoms with van der Waals surface area (Å²) in [5, 5.41) is 7.08. The molecule has 0 amide bonds. The molecule has 5 nitrogen and oxygen atoms in total. The van der Waals surface area contributed by atoms with Crippen LogP contribution in [-0.2, 0) is 0 Å². The highest BCUT2D eigenvalue weighted by atomic mass is 15.1. The maximum atomic E-state index is 4.55. The zero-order valence-corrected chi connectivity index (χ0v) is 12.3. The summed E-state index contributed by atoms with van der Waals surface area (Å²) in [6, 6.07) is 13.4. The van der Waals surface area contributed by atoms with E-state index in [1.807, 2.05) is 18.5 Å². The Balaban J connectivity index is 1.48. The number of anilines is 1. The molecule has 2 unspecified atom stereocenters. The zero-order chi connectivity index (χ0) is 14.8. The third kappa shape index (κ3) is 2.67. The van der Waals surface area contributed by atoms with Crippen LogP contribution in [0.2, 0.25) is 0 Å². The van der Waals surface area contributed by atoms with Gasteiger partial charge in [0.25, 0.3) is 0 Å². The molecule has 2 aromatic heterocycles. The van der Waals surface area contributed by atoms with Crippen LogP contribution in [-0.4, -0.2) is 27.5 Å². The number of aromatic amines is 1. The number of nitrogens with one attached hydrogen (secondary N) is 3. The fraction of sp³-hybridized carbons (Fsp3) is 0.294. The summed E-state index contributed by atoms with van der Waals surface area (Å²) in [6.45, 7) is 1.00. The van der Waals surface area contributed by atoms with Gasteiger partial charge in [-0.3, -0.25) is 0 Å². The Morgan fingerprint density at radius 1 is 1.14 bits per heavy atom. The van der Waals surface area contributed by atoms with Crippen molar-refractivity contribution in [3.8, 4) is 0 Å². The van der Waals surface area contributed by atoms with E-state index in [0.717, 1.165) is 30.4 Å². The van der Waals surface area contributed by atoms with Crippen molar-refractivity contribution in [1.29, 1.82) is 0 Å². The molecule has 2 atom stereocenters. The van der Waals surface area contributed by atoms with E-state index in [0.29, 0.717) is 18.0 Å².